The SMILES string of the molecule is CCSc1ccc(C(=O)N(C)c2ccccc2C(=O)OC)cn1. The number of aromatic nitrogens is 1. The van der Waals surface area contributed by atoms with Gasteiger partial charge in [0.1, 0.15) is 0 Å². The minimum absolute atomic E-state index is 0.234. The number of ether oxygens (including phenoxy) is 1. The van der Waals surface area contributed by atoms with Crippen molar-refractivity contribution in [2.75, 3.05) is 24.8 Å². The zero-order chi connectivity index (χ0) is 16.8. The number of hydrogen-bond acceptors (Lipinski definition) is 5. The number of hydrogen-bond donors (Lipinski definition) is 0. The molecule has 0 fully saturated rings. The fraction of sp³-hybridized carbons (Fsp3) is 0.235. The molecule has 0 N–H and O–H groups in total. The van der Waals surface area contributed by atoms with Crippen LogP contribution < -0.4 is 4.90 Å². The molecule has 6 heteroatoms. The Morgan fingerprint density at radius 1 is 1.22 bits per heavy atom. The molecule has 1 aromatic heterocycles. The molecule has 0 atom stereocenters. The van der Waals surface area contributed by atoms with Crippen LogP contribution in [0.1, 0.15) is 27.6 Å². The molecule has 120 valence electrons. The Bertz CT molecular complexity index is 701. The maximum absolute atomic E-state index is 12.6. The molecule has 0 saturated carbocycles. The van der Waals surface area contributed by atoms with Gasteiger partial charge in [-0.1, -0.05) is 19.1 Å². The standard InChI is InChI=1S/C17H18N2O3S/c1-4-23-15-10-9-12(11-18-15)16(20)19(2)14-8-6-5-7-13(14)17(21)22-3/h5-11H,4H2,1-3H3. The van der Waals surface area contributed by atoms with Gasteiger partial charge in [-0.2, -0.15) is 0 Å². The van der Waals surface area contributed by atoms with Gasteiger partial charge in [0.2, 0.25) is 0 Å². The van der Waals surface area contributed by atoms with E-state index in [9.17, 15) is 9.59 Å². The lowest BCUT2D eigenvalue weighted by molar-refractivity contribution is 0.0601. The molecule has 0 radical (unpaired) electrons. The lowest BCUT2D eigenvalue weighted by Gasteiger charge is -2.19. The highest BCUT2D eigenvalue weighted by Crippen LogP contribution is 2.22. The third-order valence-electron chi connectivity index (χ3n) is 3.25. The molecule has 2 rings (SSSR count). The summed E-state index contributed by atoms with van der Waals surface area (Å²) in [4.78, 5) is 30.1. The number of para-hydroxylation sites is 1. The molecular formula is C17H18N2O3S. The van der Waals surface area contributed by atoms with Crippen molar-refractivity contribution < 1.29 is 14.3 Å². The number of pyridine rings is 1. The molecule has 2 aromatic rings. The van der Waals surface area contributed by atoms with Gasteiger partial charge in [-0.25, -0.2) is 9.78 Å². The summed E-state index contributed by atoms with van der Waals surface area (Å²) < 4.78 is 4.76. The molecule has 0 aliphatic heterocycles. The fourth-order valence-corrected chi connectivity index (χ4v) is 2.68. The monoisotopic (exact) mass is 330 g/mol. The first kappa shape index (κ1) is 17.0. The van der Waals surface area contributed by atoms with Crippen molar-refractivity contribution in [3.8, 4) is 0 Å². The lowest BCUT2D eigenvalue weighted by Crippen LogP contribution is -2.28. The highest BCUT2D eigenvalue weighted by molar-refractivity contribution is 7.99. The van der Waals surface area contributed by atoms with Gasteiger partial charge in [0.25, 0.3) is 5.91 Å². The summed E-state index contributed by atoms with van der Waals surface area (Å²) in [5.41, 5.74) is 1.31. The minimum Gasteiger partial charge on any atom is -0.465 e. The van der Waals surface area contributed by atoms with Crippen LogP contribution in [0.25, 0.3) is 0 Å². The van der Waals surface area contributed by atoms with Gasteiger partial charge in [-0.3, -0.25) is 4.79 Å². The van der Waals surface area contributed by atoms with E-state index in [-0.39, 0.29) is 5.91 Å². The number of anilines is 1. The summed E-state index contributed by atoms with van der Waals surface area (Å²) in [6.07, 6.45) is 1.55. The second kappa shape index (κ2) is 7.78. The van der Waals surface area contributed by atoms with Gasteiger partial charge < -0.3 is 9.64 Å². The Labute approximate surface area is 139 Å². The van der Waals surface area contributed by atoms with E-state index in [1.807, 2.05) is 13.0 Å². The molecular weight excluding hydrogens is 312 g/mol. The average molecular weight is 330 g/mol. The molecule has 0 saturated heterocycles. The summed E-state index contributed by atoms with van der Waals surface area (Å²) in [5, 5.41) is 0.877. The number of carbonyl (C=O) groups is 2. The van der Waals surface area contributed by atoms with Crippen LogP contribution in [0, 0.1) is 0 Å². The number of nitrogens with zero attached hydrogens (tertiary/aromatic N) is 2. The van der Waals surface area contributed by atoms with Crippen molar-refractivity contribution >= 4 is 29.3 Å². The molecule has 1 amide bonds. The Morgan fingerprint density at radius 3 is 2.57 bits per heavy atom. The summed E-state index contributed by atoms with van der Waals surface area (Å²) >= 11 is 1.61. The molecule has 0 bridgehead atoms. The Hall–Kier alpha value is -2.34. The summed E-state index contributed by atoms with van der Waals surface area (Å²) in [6.45, 7) is 2.04. The zero-order valence-electron chi connectivity index (χ0n) is 13.3. The Balaban J connectivity index is 2.28. The van der Waals surface area contributed by atoms with Crippen LogP contribution in [0.3, 0.4) is 0 Å². The number of amides is 1. The van der Waals surface area contributed by atoms with Crippen LogP contribution in [0.5, 0.6) is 0 Å². The molecule has 0 aliphatic rings. The third-order valence-corrected chi connectivity index (χ3v) is 4.08. The average Bonchev–Trinajstić information content (AvgIpc) is 2.60. The first-order valence-electron chi connectivity index (χ1n) is 7.12. The Kier molecular flexibility index (Phi) is 5.76. The van der Waals surface area contributed by atoms with Gasteiger partial charge in [-0.05, 0) is 30.0 Å². The van der Waals surface area contributed by atoms with Crippen LogP contribution in [-0.2, 0) is 4.74 Å². The molecule has 0 aliphatic carbocycles. The second-order valence-corrected chi connectivity index (χ2v) is 5.98. The number of esters is 1. The van der Waals surface area contributed by atoms with Gasteiger partial charge in [0.05, 0.1) is 29.0 Å². The van der Waals surface area contributed by atoms with Crippen molar-refractivity contribution in [3.05, 3.63) is 53.7 Å². The number of rotatable bonds is 5. The molecule has 23 heavy (non-hydrogen) atoms. The fourth-order valence-electron chi connectivity index (χ4n) is 2.09. The topological polar surface area (TPSA) is 59.5 Å². The first-order valence-corrected chi connectivity index (χ1v) is 8.11. The zero-order valence-corrected chi connectivity index (χ0v) is 14.1. The van der Waals surface area contributed by atoms with E-state index in [1.165, 1.54) is 12.0 Å². The highest BCUT2D eigenvalue weighted by atomic mass is 32.2. The Morgan fingerprint density at radius 2 is 1.96 bits per heavy atom. The quantitative estimate of drug-likeness (QED) is 0.622. The normalized spacial score (nSPS) is 10.2. The third kappa shape index (κ3) is 3.90. The molecule has 5 nitrogen and oxygen atoms in total. The lowest BCUT2D eigenvalue weighted by atomic mass is 10.1. The first-order chi connectivity index (χ1) is 11.1. The van der Waals surface area contributed by atoms with Crippen molar-refractivity contribution in [2.24, 2.45) is 0 Å². The highest BCUT2D eigenvalue weighted by Gasteiger charge is 2.20. The van der Waals surface area contributed by atoms with E-state index in [0.717, 1.165) is 10.8 Å². The van der Waals surface area contributed by atoms with Gasteiger partial charge in [0.15, 0.2) is 0 Å². The summed E-state index contributed by atoms with van der Waals surface area (Å²) in [7, 11) is 2.94. The molecule has 0 spiro atoms. The number of benzene rings is 1. The van der Waals surface area contributed by atoms with E-state index in [4.69, 9.17) is 4.74 Å². The van der Waals surface area contributed by atoms with Gasteiger partial charge in [0, 0.05) is 13.2 Å². The maximum atomic E-state index is 12.6. The predicted octanol–water partition coefficient (Wildman–Crippen LogP) is 3.26. The van der Waals surface area contributed by atoms with E-state index in [0.29, 0.717) is 16.8 Å². The van der Waals surface area contributed by atoms with Crippen molar-refractivity contribution in [2.45, 2.75) is 11.9 Å². The summed E-state index contributed by atoms with van der Waals surface area (Å²) in [6, 6.07) is 10.4. The molecule has 1 aromatic carbocycles. The maximum Gasteiger partial charge on any atom is 0.339 e. The summed E-state index contributed by atoms with van der Waals surface area (Å²) in [5.74, 6) is 0.210. The van der Waals surface area contributed by atoms with E-state index in [2.05, 4.69) is 4.98 Å². The van der Waals surface area contributed by atoms with Crippen LogP contribution in [-0.4, -0.2) is 36.8 Å². The number of thioether (sulfide) groups is 1. The van der Waals surface area contributed by atoms with E-state index in [1.54, 1.807) is 55.3 Å². The van der Waals surface area contributed by atoms with Gasteiger partial charge in [-0.15, -0.1) is 11.8 Å². The minimum atomic E-state index is -0.479. The van der Waals surface area contributed by atoms with Gasteiger partial charge >= 0.3 is 5.97 Å². The number of methoxy groups -OCH3 is 1. The van der Waals surface area contributed by atoms with E-state index < -0.39 is 5.97 Å². The molecule has 0 unspecified atom stereocenters. The van der Waals surface area contributed by atoms with E-state index >= 15 is 0 Å². The molecule has 1 heterocycles. The number of carbonyl (C=O) groups excluding carboxylic acids is 2. The van der Waals surface area contributed by atoms with Crippen LogP contribution in [0.15, 0.2) is 47.6 Å². The second-order valence-electron chi connectivity index (χ2n) is 4.69. The van der Waals surface area contributed by atoms with Crippen LogP contribution in [0.4, 0.5) is 5.69 Å². The van der Waals surface area contributed by atoms with Crippen molar-refractivity contribution in [3.63, 3.8) is 0 Å². The van der Waals surface area contributed by atoms with Crippen LogP contribution >= 0.6 is 11.8 Å². The predicted molar refractivity (Wildman–Crippen MR) is 91.2 cm³/mol. The largest absolute Gasteiger partial charge is 0.465 e. The van der Waals surface area contributed by atoms with Crippen LogP contribution in [0.2, 0.25) is 0 Å². The smallest absolute Gasteiger partial charge is 0.339 e. The van der Waals surface area contributed by atoms with Crippen molar-refractivity contribution in [1.29, 1.82) is 0 Å². The van der Waals surface area contributed by atoms with Crippen molar-refractivity contribution in [1.82, 2.24) is 4.98 Å².